The van der Waals surface area contributed by atoms with Crippen LogP contribution in [0.2, 0.25) is 0 Å². The number of hydrazine groups is 1. The first-order chi connectivity index (χ1) is 16.0. The summed E-state index contributed by atoms with van der Waals surface area (Å²) in [7, 11) is 0. The van der Waals surface area contributed by atoms with Crippen LogP contribution in [-0.2, 0) is 9.59 Å². The van der Waals surface area contributed by atoms with Gasteiger partial charge < -0.3 is 0 Å². The number of nitrogens with zero attached hydrogens (tertiary/aromatic N) is 4. The van der Waals surface area contributed by atoms with Gasteiger partial charge in [0.2, 0.25) is 0 Å². The fraction of sp³-hybridized carbons (Fsp3) is 0.0417. The molecule has 2 amide bonds. The standard InChI is InChI=1S/C24H17N5O4/c1-15-19(13-20-23(30)26-28(24(20)31)16-7-3-2-4-8-16)18-9-5-6-10-21(18)27(15)22-12-11-17(14-25-22)29(32)33/h2-14H,1H3,(H,26,30)/b20-13-. The molecule has 9 heteroatoms. The molecular formula is C24H17N5O4. The topological polar surface area (TPSA) is 110 Å². The third-order valence-electron chi connectivity index (χ3n) is 5.53. The van der Waals surface area contributed by atoms with E-state index in [1.165, 1.54) is 17.3 Å². The molecule has 2 aromatic heterocycles. The highest BCUT2D eigenvalue weighted by molar-refractivity contribution is 6.32. The van der Waals surface area contributed by atoms with Gasteiger partial charge in [-0.1, -0.05) is 36.4 Å². The van der Waals surface area contributed by atoms with E-state index in [0.29, 0.717) is 17.1 Å². The molecule has 1 aliphatic rings. The van der Waals surface area contributed by atoms with Crippen molar-refractivity contribution in [1.82, 2.24) is 15.0 Å². The van der Waals surface area contributed by atoms with Crippen LogP contribution >= 0.6 is 0 Å². The average Bonchev–Trinajstić information content (AvgIpc) is 3.27. The van der Waals surface area contributed by atoms with Gasteiger partial charge in [-0.25, -0.2) is 9.99 Å². The lowest BCUT2D eigenvalue weighted by Crippen LogP contribution is -2.35. The summed E-state index contributed by atoms with van der Waals surface area (Å²) in [4.78, 5) is 40.5. The molecule has 5 rings (SSSR count). The van der Waals surface area contributed by atoms with E-state index >= 15 is 0 Å². The summed E-state index contributed by atoms with van der Waals surface area (Å²) in [6.07, 6.45) is 2.79. The highest BCUT2D eigenvalue weighted by Gasteiger charge is 2.35. The zero-order chi connectivity index (χ0) is 23.1. The first-order valence-electron chi connectivity index (χ1n) is 10.1. The Morgan fingerprint density at radius 1 is 1.00 bits per heavy atom. The third kappa shape index (κ3) is 3.32. The van der Waals surface area contributed by atoms with E-state index in [9.17, 15) is 19.7 Å². The largest absolute Gasteiger partial charge is 0.298 e. The molecule has 0 bridgehead atoms. The molecule has 3 heterocycles. The van der Waals surface area contributed by atoms with E-state index in [2.05, 4.69) is 10.4 Å². The Labute approximate surface area is 187 Å². The number of fused-ring (bicyclic) bond motifs is 1. The van der Waals surface area contributed by atoms with Gasteiger partial charge in [0.1, 0.15) is 17.6 Å². The summed E-state index contributed by atoms with van der Waals surface area (Å²) >= 11 is 0. The van der Waals surface area contributed by atoms with Crippen LogP contribution in [0.3, 0.4) is 0 Å². The molecular weight excluding hydrogens is 422 g/mol. The van der Waals surface area contributed by atoms with Crippen molar-refractivity contribution in [3.05, 3.63) is 99.9 Å². The summed E-state index contributed by atoms with van der Waals surface area (Å²) < 4.78 is 1.84. The van der Waals surface area contributed by atoms with Gasteiger partial charge >= 0.3 is 0 Å². The Bertz CT molecular complexity index is 1460. The molecule has 162 valence electrons. The molecule has 0 unspecified atom stereocenters. The predicted octanol–water partition coefficient (Wildman–Crippen LogP) is 3.70. The van der Waals surface area contributed by atoms with Gasteiger partial charge in [-0.2, -0.15) is 0 Å². The van der Waals surface area contributed by atoms with Crippen molar-refractivity contribution in [2.45, 2.75) is 6.92 Å². The number of hydrogen-bond donors (Lipinski definition) is 1. The van der Waals surface area contributed by atoms with E-state index in [1.54, 1.807) is 36.4 Å². The maximum absolute atomic E-state index is 13.0. The summed E-state index contributed by atoms with van der Waals surface area (Å²) in [5.74, 6) is -0.448. The fourth-order valence-electron chi connectivity index (χ4n) is 3.95. The van der Waals surface area contributed by atoms with Gasteiger partial charge in [-0.3, -0.25) is 29.7 Å². The summed E-state index contributed by atoms with van der Waals surface area (Å²) in [6.45, 7) is 1.85. The van der Waals surface area contributed by atoms with Crippen LogP contribution in [0.25, 0.3) is 22.8 Å². The van der Waals surface area contributed by atoms with Crippen molar-refractivity contribution >= 4 is 40.2 Å². The molecule has 1 N–H and O–H groups in total. The number of aromatic nitrogens is 2. The zero-order valence-corrected chi connectivity index (χ0v) is 17.4. The van der Waals surface area contributed by atoms with Crippen LogP contribution in [0.15, 0.2) is 78.5 Å². The highest BCUT2D eigenvalue weighted by atomic mass is 16.6. The second-order valence-corrected chi connectivity index (χ2v) is 7.46. The number of anilines is 1. The lowest BCUT2D eigenvalue weighted by atomic mass is 10.1. The molecule has 0 radical (unpaired) electrons. The lowest BCUT2D eigenvalue weighted by Gasteiger charge is -2.13. The monoisotopic (exact) mass is 439 g/mol. The third-order valence-corrected chi connectivity index (χ3v) is 5.53. The number of nitro groups is 1. The minimum atomic E-state index is -0.504. The number of para-hydroxylation sites is 2. The van der Waals surface area contributed by atoms with Crippen molar-refractivity contribution in [2.75, 3.05) is 5.01 Å². The molecule has 1 aliphatic heterocycles. The number of carbonyl (C=O) groups excluding carboxylic acids is 2. The van der Waals surface area contributed by atoms with E-state index in [-0.39, 0.29) is 11.3 Å². The van der Waals surface area contributed by atoms with Crippen molar-refractivity contribution in [1.29, 1.82) is 0 Å². The van der Waals surface area contributed by atoms with Crippen LogP contribution in [0, 0.1) is 17.0 Å². The minimum absolute atomic E-state index is 0.0153. The van der Waals surface area contributed by atoms with Crippen LogP contribution in [-0.4, -0.2) is 26.3 Å². The van der Waals surface area contributed by atoms with Gasteiger partial charge in [0.05, 0.1) is 16.1 Å². The highest BCUT2D eigenvalue weighted by Crippen LogP contribution is 2.32. The minimum Gasteiger partial charge on any atom is -0.298 e. The van der Waals surface area contributed by atoms with Crippen LogP contribution in [0.5, 0.6) is 0 Å². The molecule has 9 nitrogen and oxygen atoms in total. The second-order valence-electron chi connectivity index (χ2n) is 7.46. The summed E-state index contributed by atoms with van der Waals surface area (Å²) in [6, 6.07) is 19.3. The maximum Gasteiger partial charge on any atom is 0.287 e. The van der Waals surface area contributed by atoms with Gasteiger partial charge in [-0.15, -0.1) is 0 Å². The lowest BCUT2D eigenvalue weighted by molar-refractivity contribution is -0.385. The first kappa shape index (κ1) is 20.1. The molecule has 33 heavy (non-hydrogen) atoms. The molecule has 0 saturated carbocycles. The van der Waals surface area contributed by atoms with Gasteiger partial charge in [0, 0.05) is 22.7 Å². The smallest absolute Gasteiger partial charge is 0.287 e. The SMILES string of the molecule is Cc1c(/C=C2/C(=O)NN(c3ccccc3)C2=O)c2ccccc2n1-c1ccc([N+](=O)[O-])cn1. The zero-order valence-electron chi connectivity index (χ0n) is 17.4. The van der Waals surface area contributed by atoms with Crippen molar-refractivity contribution in [3.63, 3.8) is 0 Å². The van der Waals surface area contributed by atoms with Crippen molar-refractivity contribution in [3.8, 4) is 5.82 Å². The van der Waals surface area contributed by atoms with E-state index in [0.717, 1.165) is 16.6 Å². The molecule has 0 spiro atoms. The summed E-state index contributed by atoms with van der Waals surface area (Å²) in [5, 5.41) is 13.0. The number of hydrogen-bond acceptors (Lipinski definition) is 5. The number of rotatable bonds is 4. The first-order valence-corrected chi connectivity index (χ1v) is 10.1. The van der Waals surface area contributed by atoms with Crippen molar-refractivity contribution < 1.29 is 14.5 Å². The van der Waals surface area contributed by atoms with Crippen LogP contribution in [0.4, 0.5) is 11.4 Å². The van der Waals surface area contributed by atoms with Gasteiger partial charge in [0.15, 0.2) is 0 Å². The van der Waals surface area contributed by atoms with Crippen molar-refractivity contribution in [2.24, 2.45) is 0 Å². The van der Waals surface area contributed by atoms with E-state index in [4.69, 9.17) is 0 Å². The second kappa shape index (κ2) is 7.72. The Kier molecular flexibility index (Phi) is 4.71. The number of amides is 2. The van der Waals surface area contributed by atoms with Crippen LogP contribution in [0.1, 0.15) is 11.3 Å². The maximum atomic E-state index is 13.0. The Balaban J connectivity index is 1.63. The van der Waals surface area contributed by atoms with Gasteiger partial charge in [0.25, 0.3) is 17.5 Å². The quantitative estimate of drug-likeness (QED) is 0.226. The molecule has 0 aliphatic carbocycles. The van der Waals surface area contributed by atoms with Gasteiger partial charge in [-0.05, 0) is 37.3 Å². The molecule has 0 atom stereocenters. The normalized spacial score (nSPS) is 14.8. The molecule has 1 fully saturated rings. The molecule has 4 aromatic rings. The number of pyridine rings is 1. The summed E-state index contributed by atoms with van der Waals surface area (Å²) in [5.41, 5.74) is 5.31. The number of carbonyl (C=O) groups is 2. The Morgan fingerprint density at radius 2 is 1.73 bits per heavy atom. The molecule has 2 aromatic carbocycles. The number of nitrogens with one attached hydrogen (secondary N) is 1. The number of benzene rings is 2. The predicted molar refractivity (Wildman–Crippen MR) is 123 cm³/mol. The van der Waals surface area contributed by atoms with Crippen LogP contribution < -0.4 is 10.4 Å². The Hall–Kier alpha value is -4.79. The fourth-order valence-corrected chi connectivity index (χ4v) is 3.95. The van der Waals surface area contributed by atoms with E-state index < -0.39 is 16.7 Å². The average molecular weight is 439 g/mol. The van der Waals surface area contributed by atoms with E-state index in [1.807, 2.05) is 41.8 Å². The Morgan fingerprint density at radius 3 is 2.42 bits per heavy atom. The molecule has 1 saturated heterocycles.